The lowest BCUT2D eigenvalue weighted by Crippen LogP contribution is -2.34. The van der Waals surface area contributed by atoms with Gasteiger partial charge < -0.3 is 14.8 Å². The fourth-order valence-electron chi connectivity index (χ4n) is 5.01. The molecule has 1 aliphatic heterocycles. The number of nitrogens with one attached hydrogen (secondary N) is 1. The first-order chi connectivity index (χ1) is 20.9. The normalized spacial score (nSPS) is 15.8. The average molecular weight is 630 g/mol. The van der Waals surface area contributed by atoms with Crippen molar-refractivity contribution in [2.75, 3.05) is 30.1 Å². The number of pyridine rings is 1. The first kappa shape index (κ1) is 31.5. The number of hydrogen-bond acceptors (Lipinski definition) is 7. The summed E-state index contributed by atoms with van der Waals surface area (Å²) < 4.78 is 85.6. The van der Waals surface area contributed by atoms with Gasteiger partial charge in [-0.05, 0) is 88.1 Å². The van der Waals surface area contributed by atoms with Crippen LogP contribution in [0, 0.1) is 17.5 Å². The molecule has 1 aliphatic rings. The van der Waals surface area contributed by atoms with Crippen LogP contribution in [0.2, 0.25) is 0 Å². The molecule has 2 aromatic heterocycles. The van der Waals surface area contributed by atoms with Crippen molar-refractivity contribution < 1.29 is 31.1 Å². The molecule has 3 heterocycles. The molecule has 1 atom stereocenters. The highest BCUT2D eigenvalue weighted by Crippen LogP contribution is 2.39. The SMILES string of the molecule is COCN(c1cccc(-c2nn(C3CCCCO3)cc2-c2ccnc(NC(C)(C)C)c2)c1F)S(=O)(=O)c1cc(F)ccc1F. The predicted molar refractivity (Wildman–Crippen MR) is 161 cm³/mol. The summed E-state index contributed by atoms with van der Waals surface area (Å²) in [4.78, 5) is 3.46. The summed E-state index contributed by atoms with van der Waals surface area (Å²) in [6.07, 6.45) is 5.63. The van der Waals surface area contributed by atoms with Gasteiger partial charge in [-0.1, -0.05) is 6.07 Å². The molecule has 9 nitrogen and oxygen atoms in total. The Bertz CT molecular complexity index is 1750. The molecule has 1 N–H and O–H groups in total. The van der Waals surface area contributed by atoms with E-state index in [1.807, 2.05) is 26.8 Å². The fourth-order valence-corrected chi connectivity index (χ4v) is 6.46. The van der Waals surface area contributed by atoms with Crippen molar-refractivity contribution in [3.63, 3.8) is 0 Å². The fraction of sp³-hybridized carbons (Fsp3) is 0.355. The zero-order valence-electron chi connectivity index (χ0n) is 24.9. The molecule has 0 saturated carbocycles. The van der Waals surface area contributed by atoms with Crippen molar-refractivity contribution in [1.29, 1.82) is 0 Å². The second-order valence-electron chi connectivity index (χ2n) is 11.5. The Morgan fingerprint density at radius 1 is 1.09 bits per heavy atom. The molecule has 2 aromatic carbocycles. The van der Waals surface area contributed by atoms with Crippen LogP contribution in [0.4, 0.5) is 24.7 Å². The highest BCUT2D eigenvalue weighted by atomic mass is 32.2. The smallest absolute Gasteiger partial charge is 0.269 e. The Morgan fingerprint density at radius 2 is 1.89 bits per heavy atom. The van der Waals surface area contributed by atoms with Gasteiger partial charge in [-0.3, -0.25) is 0 Å². The summed E-state index contributed by atoms with van der Waals surface area (Å²) in [7, 11) is -3.59. The van der Waals surface area contributed by atoms with Crippen molar-refractivity contribution in [3.8, 4) is 22.4 Å². The molecule has 0 bridgehead atoms. The number of benzene rings is 2. The van der Waals surface area contributed by atoms with Crippen LogP contribution < -0.4 is 9.62 Å². The number of nitrogens with zero attached hydrogens (tertiary/aromatic N) is 4. The van der Waals surface area contributed by atoms with Crippen molar-refractivity contribution in [2.24, 2.45) is 0 Å². The molecule has 1 saturated heterocycles. The van der Waals surface area contributed by atoms with Crippen molar-refractivity contribution in [1.82, 2.24) is 14.8 Å². The van der Waals surface area contributed by atoms with Gasteiger partial charge >= 0.3 is 0 Å². The number of anilines is 2. The minimum Gasteiger partial charge on any atom is -0.365 e. The number of hydrogen-bond donors (Lipinski definition) is 1. The van der Waals surface area contributed by atoms with Crippen molar-refractivity contribution in [2.45, 2.75) is 56.7 Å². The van der Waals surface area contributed by atoms with E-state index in [1.165, 1.54) is 25.3 Å². The molecule has 4 aromatic rings. The Labute approximate surface area is 254 Å². The van der Waals surface area contributed by atoms with Crippen LogP contribution in [-0.4, -0.2) is 49.2 Å². The summed E-state index contributed by atoms with van der Waals surface area (Å²) in [6, 6.07) is 9.82. The lowest BCUT2D eigenvalue weighted by Gasteiger charge is -2.25. The summed E-state index contributed by atoms with van der Waals surface area (Å²) in [5.74, 6) is -2.49. The first-order valence-electron chi connectivity index (χ1n) is 14.1. The van der Waals surface area contributed by atoms with E-state index in [0.29, 0.717) is 40.0 Å². The number of aromatic nitrogens is 3. The van der Waals surface area contributed by atoms with Crippen LogP contribution in [0.3, 0.4) is 0 Å². The highest BCUT2D eigenvalue weighted by Gasteiger charge is 2.32. The van der Waals surface area contributed by atoms with E-state index < -0.39 is 44.8 Å². The van der Waals surface area contributed by atoms with Gasteiger partial charge in [0.25, 0.3) is 10.0 Å². The Kier molecular flexibility index (Phi) is 9.00. The monoisotopic (exact) mass is 629 g/mol. The number of ether oxygens (including phenoxy) is 2. The van der Waals surface area contributed by atoms with E-state index in [1.54, 1.807) is 23.1 Å². The third-order valence-corrected chi connectivity index (χ3v) is 8.72. The van der Waals surface area contributed by atoms with Gasteiger partial charge in [0.2, 0.25) is 0 Å². The summed E-state index contributed by atoms with van der Waals surface area (Å²) >= 11 is 0. The molecule has 13 heteroatoms. The van der Waals surface area contributed by atoms with E-state index in [-0.39, 0.29) is 23.0 Å². The second kappa shape index (κ2) is 12.6. The van der Waals surface area contributed by atoms with E-state index >= 15 is 4.39 Å². The topological polar surface area (TPSA) is 98.6 Å². The molecule has 0 radical (unpaired) electrons. The lowest BCUT2D eigenvalue weighted by molar-refractivity contribution is -0.0393. The van der Waals surface area contributed by atoms with Gasteiger partial charge in [0, 0.05) is 42.8 Å². The first-order valence-corrected chi connectivity index (χ1v) is 15.5. The summed E-state index contributed by atoms with van der Waals surface area (Å²) in [5.41, 5.74) is 0.784. The van der Waals surface area contributed by atoms with E-state index in [9.17, 15) is 17.2 Å². The van der Waals surface area contributed by atoms with Crippen LogP contribution in [-0.2, 0) is 19.5 Å². The van der Waals surface area contributed by atoms with Gasteiger partial charge in [-0.2, -0.15) is 5.10 Å². The summed E-state index contributed by atoms with van der Waals surface area (Å²) in [6.45, 7) is 5.90. The molecule has 1 fully saturated rings. The zero-order valence-corrected chi connectivity index (χ0v) is 25.7. The molecule has 0 spiro atoms. The quantitative estimate of drug-likeness (QED) is 0.205. The van der Waals surface area contributed by atoms with Crippen LogP contribution in [0.5, 0.6) is 0 Å². The Morgan fingerprint density at radius 3 is 2.59 bits per heavy atom. The third kappa shape index (κ3) is 6.59. The maximum atomic E-state index is 16.6. The van der Waals surface area contributed by atoms with Crippen LogP contribution in [0.15, 0.2) is 65.8 Å². The minimum atomic E-state index is -4.80. The maximum absolute atomic E-state index is 16.6. The van der Waals surface area contributed by atoms with Crippen LogP contribution >= 0.6 is 0 Å². The zero-order chi connectivity index (χ0) is 31.6. The van der Waals surface area contributed by atoms with Crippen molar-refractivity contribution in [3.05, 3.63) is 78.4 Å². The maximum Gasteiger partial charge on any atom is 0.269 e. The van der Waals surface area contributed by atoms with Gasteiger partial charge in [0.15, 0.2) is 5.82 Å². The standard InChI is InChI=1S/C31H34F3N5O4S/c1-31(2,3)36-27-16-20(13-14-35-27)23-18-38(28-10-5-6-15-43-28)37-30(23)22-8-7-9-25(29(22)34)39(19-42-4)44(40,41)26-17-21(32)11-12-24(26)33/h7-9,11-14,16-18,28H,5-6,10,15,19H2,1-4H3,(H,35,36). The van der Waals surface area contributed by atoms with E-state index in [0.717, 1.165) is 25.3 Å². The number of sulfonamides is 1. The molecule has 234 valence electrons. The van der Waals surface area contributed by atoms with Crippen LogP contribution in [0.25, 0.3) is 22.4 Å². The Hall–Kier alpha value is -3.94. The molecule has 1 unspecified atom stereocenters. The summed E-state index contributed by atoms with van der Waals surface area (Å²) in [5, 5.41) is 8.07. The molecular weight excluding hydrogens is 595 g/mol. The van der Waals surface area contributed by atoms with Crippen molar-refractivity contribution >= 4 is 21.5 Å². The van der Waals surface area contributed by atoms with Crippen LogP contribution in [0.1, 0.15) is 46.3 Å². The van der Waals surface area contributed by atoms with E-state index in [2.05, 4.69) is 10.3 Å². The highest BCUT2D eigenvalue weighted by molar-refractivity contribution is 7.92. The molecular formula is C31H34F3N5O4S. The largest absolute Gasteiger partial charge is 0.365 e. The van der Waals surface area contributed by atoms with Gasteiger partial charge in [0.05, 0.1) is 5.69 Å². The van der Waals surface area contributed by atoms with Gasteiger partial charge in [-0.25, -0.2) is 35.6 Å². The van der Waals surface area contributed by atoms with E-state index in [4.69, 9.17) is 14.6 Å². The molecule has 5 rings (SSSR count). The second-order valence-corrected chi connectivity index (χ2v) is 13.3. The van der Waals surface area contributed by atoms with Gasteiger partial charge in [0.1, 0.15) is 41.0 Å². The predicted octanol–water partition coefficient (Wildman–Crippen LogP) is 6.74. The molecule has 0 aliphatic carbocycles. The van der Waals surface area contributed by atoms with Gasteiger partial charge in [-0.15, -0.1) is 0 Å². The number of rotatable bonds is 9. The number of methoxy groups -OCH3 is 1. The Balaban J connectivity index is 1.66. The molecule has 0 amide bonds. The number of halogens is 3. The minimum absolute atomic E-state index is 0.00906. The lowest BCUT2D eigenvalue weighted by atomic mass is 10.0. The average Bonchev–Trinajstić information content (AvgIpc) is 3.42. The third-order valence-electron chi connectivity index (χ3n) is 6.97. The molecule has 44 heavy (non-hydrogen) atoms.